The van der Waals surface area contributed by atoms with E-state index in [0.29, 0.717) is 18.0 Å². The summed E-state index contributed by atoms with van der Waals surface area (Å²) in [5.41, 5.74) is 3.33. The predicted octanol–water partition coefficient (Wildman–Crippen LogP) is 3.43. The quantitative estimate of drug-likeness (QED) is 0.884. The molecule has 5 nitrogen and oxygen atoms in total. The standard InChI is InChI=1S/C16H21N3O2/c1-5-13(16(20)18-15-9-11(3)21-19-15)17-14-8-6-7-10(2)12(14)4/h6-9,13,17H,5H2,1-4H3,(H,18,19,20). The van der Waals surface area contributed by atoms with Gasteiger partial charge in [-0.15, -0.1) is 0 Å². The summed E-state index contributed by atoms with van der Waals surface area (Å²) in [6, 6.07) is 7.40. The summed E-state index contributed by atoms with van der Waals surface area (Å²) >= 11 is 0. The van der Waals surface area contributed by atoms with Crippen LogP contribution in [-0.2, 0) is 4.79 Å². The maximum absolute atomic E-state index is 12.3. The summed E-state index contributed by atoms with van der Waals surface area (Å²) in [6.07, 6.45) is 0.677. The normalized spacial score (nSPS) is 12.0. The van der Waals surface area contributed by atoms with Gasteiger partial charge in [-0.2, -0.15) is 0 Å². The Morgan fingerprint density at radius 1 is 1.33 bits per heavy atom. The van der Waals surface area contributed by atoms with Crippen molar-refractivity contribution < 1.29 is 9.32 Å². The van der Waals surface area contributed by atoms with Crippen LogP contribution in [0.5, 0.6) is 0 Å². The molecule has 2 N–H and O–H groups in total. The second-order valence-electron chi connectivity index (χ2n) is 5.16. The lowest BCUT2D eigenvalue weighted by Gasteiger charge is -2.19. The summed E-state index contributed by atoms with van der Waals surface area (Å²) < 4.78 is 4.95. The molecule has 2 rings (SSSR count). The number of aromatic nitrogens is 1. The molecule has 0 aliphatic rings. The number of benzene rings is 1. The number of carbonyl (C=O) groups is 1. The highest BCUT2D eigenvalue weighted by Gasteiger charge is 2.18. The molecule has 0 radical (unpaired) electrons. The first-order valence-electron chi connectivity index (χ1n) is 7.08. The fourth-order valence-corrected chi connectivity index (χ4v) is 2.09. The highest BCUT2D eigenvalue weighted by atomic mass is 16.5. The van der Waals surface area contributed by atoms with E-state index in [1.54, 1.807) is 13.0 Å². The van der Waals surface area contributed by atoms with E-state index in [-0.39, 0.29) is 11.9 Å². The fraction of sp³-hybridized carbons (Fsp3) is 0.375. The van der Waals surface area contributed by atoms with Gasteiger partial charge in [0.15, 0.2) is 5.82 Å². The van der Waals surface area contributed by atoms with Crippen molar-refractivity contribution in [1.29, 1.82) is 0 Å². The average Bonchev–Trinajstić information content (AvgIpc) is 2.85. The second-order valence-corrected chi connectivity index (χ2v) is 5.16. The minimum absolute atomic E-state index is 0.119. The third-order valence-corrected chi connectivity index (χ3v) is 3.54. The molecular formula is C16H21N3O2. The highest BCUT2D eigenvalue weighted by molar-refractivity contribution is 5.95. The van der Waals surface area contributed by atoms with Crippen LogP contribution in [0.4, 0.5) is 11.5 Å². The number of anilines is 2. The summed E-state index contributed by atoms with van der Waals surface area (Å²) in [5, 5.41) is 9.83. The summed E-state index contributed by atoms with van der Waals surface area (Å²) in [4.78, 5) is 12.3. The van der Waals surface area contributed by atoms with Crippen LogP contribution >= 0.6 is 0 Å². The Morgan fingerprint density at radius 3 is 2.71 bits per heavy atom. The van der Waals surface area contributed by atoms with Crippen molar-refractivity contribution in [1.82, 2.24) is 5.16 Å². The lowest BCUT2D eigenvalue weighted by Crippen LogP contribution is -2.34. The van der Waals surface area contributed by atoms with Gasteiger partial charge in [0.05, 0.1) is 0 Å². The number of nitrogens with zero attached hydrogens (tertiary/aromatic N) is 1. The van der Waals surface area contributed by atoms with E-state index >= 15 is 0 Å². The van der Waals surface area contributed by atoms with Crippen molar-refractivity contribution in [3.8, 4) is 0 Å². The van der Waals surface area contributed by atoms with Crippen LogP contribution in [0.25, 0.3) is 0 Å². The van der Waals surface area contributed by atoms with Gasteiger partial charge >= 0.3 is 0 Å². The highest BCUT2D eigenvalue weighted by Crippen LogP contribution is 2.20. The first kappa shape index (κ1) is 15.1. The zero-order chi connectivity index (χ0) is 15.4. The minimum Gasteiger partial charge on any atom is -0.373 e. The Labute approximate surface area is 124 Å². The molecule has 1 unspecified atom stereocenters. The molecule has 1 aromatic carbocycles. The van der Waals surface area contributed by atoms with Crippen molar-refractivity contribution in [3.63, 3.8) is 0 Å². The van der Waals surface area contributed by atoms with E-state index in [1.807, 2.05) is 26.0 Å². The van der Waals surface area contributed by atoms with Gasteiger partial charge in [0, 0.05) is 11.8 Å². The van der Waals surface area contributed by atoms with Crippen molar-refractivity contribution in [2.45, 2.75) is 40.2 Å². The molecule has 21 heavy (non-hydrogen) atoms. The lowest BCUT2D eigenvalue weighted by atomic mass is 10.1. The Balaban J connectivity index is 2.08. The topological polar surface area (TPSA) is 67.2 Å². The number of hydrogen-bond donors (Lipinski definition) is 2. The summed E-state index contributed by atoms with van der Waals surface area (Å²) in [6.45, 7) is 7.85. The van der Waals surface area contributed by atoms with Gasteiger partial charge in [-0.25, -0.2) is 0 Å². The Kier molecular flexibility index (Phi) is 4.62. The molecule has 1 heterocycles. The first-order chi connectivity index (χ1) is 10.0. The SMILES string of the molecule is CCC(Nc1cccc(C)c1C)C(=O)Nc1cc(C)on1. The predicted molar refractivity (Wildman–Crippen MR) is 83.5 cm³/mol. The van der Waals surface area contributed by atoms with Crippen LogP contribution in [0.15, 0.2) is 28.8 Å². The van der Waals surface area contributed by atoms with Gasteiger partial charge in [0.25, 0.3) is 0 Å². The molecule has 112 valence electrons. The molecule has 0 spiro atoms. The zero-order valence-electron chi connectivity index (χ0n) is 12.9. The maximum Gasteiger partial charge on any atom is 0.248 e. The molecule has 5 heteroatoms. The monoisotopic (exact) mass is 287 g/mol. The largest absolute Gasteiger partial charge is 0.373 e. The van der Waals surface area contributed by atoms with Crippen LogP contribution < -0.4 is 10.6 Å². The van der Waals surface area contributed by atoms with Crippen LogP contribution in [0, 0.1) is 20.8 Å². The lowest BCUT2D eigenvalue weighted by molar-refractivity contribution is -0.117. The summed E-state index contributed by atoms with van der Waals surface area (Å²) in [7, 11) is 0. The minimum atomic E-state index is -0.317. The van der Waals surface area contributed by atoms with Crippen molar-refractivity contribution in [2.24, 2.45) is 0 Å². The van der Waals surface area contributed by atoms with Crippen molar-refractivity contribution in [2.75, 3.05) is 10.6 Å². The fourth-order valence-electron chi connectivity index (χ4n) is 2.09. The molecule has 0 saturated heterocycles. The maximum atomic E-state index is 12.3. The van der Waals surface area contributed by atoms with E-state index in [0.717, 1.165) is 11.3 Å². The number of carbonyl (C=O) groups excluding carboxylic acids is 1. The average molecular weight is 287 g/mol. The van der Waals surface area contributed by atoms with Gasteiger partial charge in [-0.05, 0) is 44.4 Å². The number of aryl methyl sites for hydroxylation is 2. The van der Waals surface area contributed by atoms with Gasteiger partial charge in [-0.3, -0.25) is 4.79 Å². The van der Waals surface area contributed by atoms with Gasteiger partial charge < -0.3 is 15.2 Å². The molecule has 2 aromatic rings. The van der Waals surface area contributed by atoms with Crippen molar-refractivity contribution >= 4 is 17.4 Å². The van der Waals surface area contributed by atoms with Crippen LogP contribution in [-0.4, -0.2) is 17.1 Å². The number of rotatable bonds is 5. The van der Waals surface area contributed by atoms with E-state index in [1.165, 1.54) is 5.56 Å². The van der Waals surface area contributed by atoms with Crippen molar-refractivity contribution in [3.05, 3.63) is 41.2 Å². The van der Waals surface area contributed by atoms with Crippen LogP contribution in [0.2, 0.25) is 0 Å². The molecular weight excluding hydrogens is 266 g/mol. The number of amides is 1. The molecule has 1 atom stereocenters. The first-order valence-corrected chi connectivity index (χ1v) is 7.08. The zero-order valence-corrected chi connectivity index (χ0v) is 12.9. The number of hydrogen-bond acceptors (Lipinski definition) is 4. The Bertz CT molecular complexity index is 634. The van der Waals surface area contributed by atoms with E-state index in [2.05, 4.69) is 28.8 Å². The van der Waals surface area contributed by atoms with Gasteiger partial charge in [-0.1, -0.05) is 24.2 Å². The molecule has 1 aromatic heterocycles. The molecule has 1 amide bonds. The van der Waals surface area contributed by atoms with E-state index in [4.69, 9.17) is 4.52 Å². The van der Waals surface area contributed by atoms with Gasteiger partial charge in [0.2, 0.25) is 5.91 Å². The number of nitrogens with one attached hydrogen (secondary N) is 2. The van der Waals surface area contributed by atoms with Crippen LogP contribution in [0.3, 0.4) is 0 Å². The third-order valence-electron chi connectivity index (χ3n) is 3.54. The Hall–Kier alpha value is -2.30. The second kappa shape index (κ2) is 6.43. The molecule has 0 saturated carbocycles. The Morgan fingerprint density at radius 2 is 2.10 bits per heavy atom. The molecule has 0 aliphatic carbocycles. The molecule has 0 fully saturated rings. The van der Waals surface area contributed by atoms with Gasteiger partial charge in [0.1, 0.15) is 11.8 Å². The molecule has 0 bridgehead atoms. The van der Waals surface area contributed by atoms with E-state index in [9.17, 15) is 4.79 Å². The summed E-state index contributed by atoms with van der Waals surface area (Å²) in [5.74, 6) is 0.992. The molecule has 0 aliphatic heterocycles. The smallest absolute Gasteiger partial charge is 0.248 e. The third kappa shape index (κ3) is 3.62. The van der Waals surface area contributed by atoms with Crippen LogP contribution in [0.1, 0.15) is 30.2 Å². The van der Waals surface area contributed by atoms with E-state index < -0.39 is 0 Å².